The number of rotatable bonds is 3. The van der Waals surface area contributed by atoms with Crippen molar-refractivity contribution < 1.29 is 14.7 Å². The van der Waals surface area contributed by atoms with E-state index in [9.17, 15) is 9.59 Å². The molecule has 2 amide bonds. The molecular weight excluding hydrogens is 344 g/mol. The SMILES string of the molecule is CC1CN(C(=O)N(C)Cc2cc(Br)cs2)CC1C(=O)O. The van der Waals surface area contributed by atoms with Gasteiger partial charge in [0.25, 0.3) is 0 Å². The van der Waals surface area contributed by atoms with Crippen LogP contribution in [0.4, 0.5) is 4.79 Å². The summed E-state index contributed by atoms with van der Waals surface area (Å²) in [5, 5.41) is 11.1. The summed E-state index contributed by atoms with van der Waals surface area (Å²) in [7, 11) is 1.74. The first-order valence-corrected chi connectivity index (χ1v) is 8.01. The van der Waals surface area contributed by atoms with E-state index in [-0.39, 0.29) is 11.9 Å². The second-order valence-electron chi connectivity index (χ2n) is 5.20. The van der Waals surface area contributed by atoms with Gasteiger partial charge in [-0.05, 0) is 27.9 Å². The molecule has 1 fully saturated rings. The van der Waals surface area contributed by atoms with E-state index in [1.54, 1.807) is 28.2 Å². The molecule has 0 spiro atoms. The summed E-state index contributed by atoms with van der Waals surface area (Å²) in [5.41, 5.74) is 0. The van der Waals surface area contributed by atoms with Crippen molar-refractivity contribution in [1.82, 2.24) is 9.80 Å². The van der Waals surface area contributed by atoms with E-state index >= 15 is 0 Å². The van der Waals surface area contributed by atoms with Crippen molar-refractivity contribution in [3.05, 3.63) is 20.8 Å². The number of carbonyl (C=O) groups excluding carboxylic acids is 1. The van der Waals surface area contributed by atoms with Gasteiger partial charge in [-0.2, -0.15) is 0 Å². The van der Waals surface area contributed by atoms with Crippen molar-refractivity contribution >= 4 is 39.3 Å². The standard InChI is InChI=1S/C13H17BrN2O3S/c1-8-4-16(6-11(8)12(17)18)13(19)15(2)5-10-3-9(14)7-20-10/h3,7-8,11H,4-6H2,1-2H3,(H,17,18). The molecule has 110 valence electrons. The summed E-state index contributed by atoms with van der Waals surface area (Å²) in [6, 6.07) is 1.88. The number of nitrogens with zero attached hydrogens (tertiary/aromatic N) is 2. The molecule has 0 saturated carbocycles. The molecule has 0 bridgehead atoms. The summed E-state index contributed by atoms with van der Waals surface area (Å²) in [6.45, 7) is 3.22. The highest BCUT2D eigenvalue weighted by Crippen LogP contribution is 2.25. The topological polar surface area (TPSA) is 60.9 Å². The minimum Gasteiger partial charge on any atom is -0.481 e. The average Bonchev–Trinajstić information content (AvgIpc) is 2.94. The van der Waals surface area contributed by atoms with Gasteiger partial charge in [-0.3, -0.25) is 4.79 Å². The van der Waals surface area contributed by atoms with Crippen LogP contribution in [0.15, 0.2) is 15.9 Å². The van der Waals surface area contributed by atoms with E-state index in [4.69, 9.17) is 5.11 Å². The molecule has 1 aliphatic rings. The van der Waals surface area contributed by atoms with Gasteiger partial charge in [-0.1, -0.05) is 6.92 Å². The molecule has 1 aliphatic heterocycles. The molecule has 2 atom stereocenters. The van der Waals surface area contributed by atoms with Crippen LogP contribution in [0, 0.1) is 11.8 Å². The molecule has 5 nitrogen and oxygen atoms in total. The second kappa shape index (κ2) is 6.13. The van der Waals surface area contributed by atoms with Crippen LogP contribution >= 0.6 is 27.3 Å². The molecule has 0 radical (unpaired) electrons. The Morgan fingerprint density at radius 2 is 2.25 bits per heavy atom. The van der Waals surface area contributed by atoms with Crippen molar-refractivity contribution in [2.24, 2.45) is 11.8 Å². The number of thiophene rings is 1. The number of carboxylic acids is 1. The predicted octanol–water partition coefficient (Wildman–Crippen LogP) is 2.71. The number of halogens is 1. The smallest absolute Gasteiger partial charge is 0.320 e. The highest BCUT2D eigenvalue weighted by atomic mass is 79.9. The third kappa shape index (κ3) is 3.32. The van der Waals surface area contributed by atoms with Crippen LogP contribution in [-0.2, 0) is 11.3 Å². The Bertz CT molecular complexity index is 519. The third-order valence-corrected chi connectivity index (χ3v) is 5.22. The van der Waals surface area contributed by atoms with Gasteiger partial charge in [-0.15, -0.1) is 11.3 Å². The summed E-state index contributed by atoms with van der Waals surface area (Å²) < 4.78 is 1.01. The van der Waals surface area contributed by atoms with Crippen molar-refractivity contribution in [2.75, 3.05) is 20.1 Å². The Morgan fingerprint density at radius 1 is 1.55 bits per heavy atom. The number of hydrogen-bond donors (Lipinski definition) is 1. The van der Waals surface area contributed by atoms with Crippen LogP contribution in [0.5, 0.6) is 0 Å². The first-order chi connectivity index (χ1) is 9.38. The lowest BCUT2D eigenvalue weighted by molar-refractivity contribution is -0.142. The summed E-state index contributed by atoms with van der Waals surface area (Å²) in [4.78, 5) is 27.8. The van der Waals surface area contributed by atoms with Crippen LogP contribution in [0.1, 0.15) is 11.8 Å². The molecule has 7 heteroatoms. The Labute approximate surface area is 130 Å². The van der Waals surface area contributed by atoms with Crippen LogP contribution < -0.4 is 0 Å². The normalized spacial score (nSPS) is 22.1. The lowest BCUT2D eigenvalue weighted by atomic mass is 9.99. The number of carbonyl (C=O) groups is 2. The summed E-state index contributed by atoms with van der Waals surface area (Å²) >= 11 is 4.98. The molecule has 1 saturated heterocycles. The van der Waals surface area contributed by atoms with Crippen LogP contribution in [0.25, 0.3) is 0 Å². The van der Waals surface area contributed by atoms with Gasteiger partial charge in [0, 0.05) is 34.9 Å². The van der Waals surface area contributed by atoms with Crippen LogP contribution in [0.2, 0.25) is 0 Å². The Morgan fingerprint density at radius 3 is 2.75 bits per heavy atom. The van der Waals surface area contributed by atoms with E-state index in [1.165, 1.54) is 0 Å². The van der Waals surface area contributed by atoms with E-state index in [1.807, 2.05) is 18.4 Å². The Hall–Kier alpha value is -1.08. The molecule has 1 N–H and O–H groups in total. The van der Waals surface area contributed by atoms with Crippen LogP contribution in [-0.4, -0.2) is 47.0 Å². The highest BCUT2D eigenvalue weighted by Gasteiger charge is 2.37. The lowest BCUT2D eigenvalue weighted by Crippen LogP contribution is -2.39. The first kappa shape index (κ1) is 15.3. The Balaban J connectivity index is 1.96. The molecule has 2 rings (SSSR count). The van der Waals surface area contributed by atoms with E-state index in [0.717, 1.165) is 9.35 Å². The maximum absolute atomic E-state index is 12.3. The van der Waals surface area contributed by atoms with Gasteiger partial charge in [0.2, 0.25) is 0 Å². The molecule has 1 aromatic rings. The minimum atomic E-state index is -0.822. The fourth-order valence-electron chi connectivity index (χ4n) is 2.42. The third-order valence-electron chi connectivity index (χ3n) is 3.54. The van der Waals surface area contributed by atoms with Gasteiger partial charge in [0.05, 0.1) is 12.5 Å². The Kier molecular flexibility index (Phi) is 4.70. The molecule has 20 heavy (non-hydrogen) atoms. The first-order valence-electron chi connectivity index (χ1n) is 6.34. The van der Waals surface area contributed by atoms with Gasteiger partial charge in [-0.25, -0.2) is 4.79 Å². The molecule has 1 aromatic heterocycles. The van der Waals surface area contributed by atoms with Gasteiger partial charge < -0.3 is 14.9 Å². The minimum absolute atomic E-state index is 0.000678. The van der Waals surface area contributed by atoms with Gasteiger partial charge >= 0.3 is 12.0 Å². The van der Waals surface area contributed by atoms with E-state index in [0.29, 0.717) is 19.6 Å². The average molecular weight is 361 g/mol. The van der Waals surface area contributed by atoms with Crippen LogP contribution in [0.3, 0.4) is 0 Å². The molecular formula is C13H17BrN2O3S. The molecule has 2 heterocycles. The second-order valence-corrected chi connectivity index (χ2v) is 7.11. The number of amides is 2. The number of hydrogen-bond acceptors (Lipinski definition) is 3. The van der Waals surface area contributed by atoms with Crippen molar-refractivity contribution in [1.29, 1.82) is 0 Å². The largest absolute Gasteiger partial charge is 0.481 e. The fraction of sp³-hybridized carbons (Fsp3) is 0.538. The zero-order valence-corrected chi connectivity index (χ0v) is 13.8. The predicted molar refractivity (Wildman–Crippen MR) is 80.7 cm³/mol. The van der Waals surface area contributed by atoms with Crippen molar-refractivity contribution in [2.45, 2.75) is 13.5 Å². The van der Waals surface area contributed by atoms with Gasteiger partial charge in [0.15, 0.2) is 0 Å². The number of aliphatic carboxylic acids is 1. The van der Waals surface area contributed by atoms with E-state index < -0.39 is 11.9 Å². The summed E-state index contributed by atoms with van der Waals surface area (Å²) in [5.74, 6) is -1.28. The molecule has 0 aliphatic carbocycles. The molecule has 0 aromatic carbocycles. The number of likely N-dealkylation sites (tertiary alicyclic amines) is 1. The number of urea groups is 1. The quantitative estimate of drug-likeness (QED) is 0.901. The van der Waals surface area contributed by atoms with E-state index in [2.05, 4.69) is 15.9 Å². The maximum atomic E-state index is 12.3. The fourth-order valence-corrected chi connectivity index (χ4v) is 3.93. The highest BCUT2D eigenvalue weighted by molar-refractivity contribution is 9.10. The van der Waals surface area contributed by atoms with Crippen molar-refractivity contribution in [3.63, 3.8) is 0 Å². The van der Waals surface area contributed by atoms with Gasteiger partial charge in [0.1, 0.15) is 0 Å². The summed E-state index contributed by atoms with van der Waals surface area (Å²) in [6.07, 6.45) is 0. The lowest BCUT2D eigenvalue weighted by Gasteiger charge is -2.24. The zero-order valence-electron chi connectivity index (χ0n) is 11.4. The maximum Gasteiger partial charge on any atom is 0.320 e. The van der Waals surface area contributed by atoms with Crippen molar-refractivity contribution in [3.8, 4) is 0 Å². The zero-order chi connectivity index (χ0) is 14.9. The monoisotopic (exact) mass is 360 g/mol. The number of carboxylic acid groups (broad SMARTS) is 1. The molecule has 2 unspecified atom stereocenters.